The Morgan fingerprint density at radius 3 is 2.70 bits per heavy atom. The number of hydrogen-bond acceptors (Lipinski definition) is 4. The van der Waals surface area contributed by atoms with Gasteiger partial charge >= 0.3 is 6.36 Å². The molecule has 3 N–H and O–H groups in total. The van der Waals surface area contributed by atoms with Crippen LogP contribution in [0.5, 0.6) is 5.75 Å². The molecular formula is C12H13F3N4O. The van der Waals surface area contributed by atoms with Gasteiger partial charge in [0.25, 0.3) is 0 Å². The van der Waals surface area contributed by atoms with Gasteiger partial charge in [-0.25, -0.2) is 10.4 Å². The Hall–Kier alpha value is -2.06. The molecule has 20 heavy (non-hydrogen) atoms. The molecule has 5 nitrogen and oxygen atoms in total. The van der Waals surface area contributed by atoms with E-state index in [2.05, 4.69) is 15.1 Å². The number of nitrogens with two attached hydrogens (primary N) is 1. The first kappa shape index (κ1) is 14.4. The van der Waals surface area contributed by atoms with E-state index in [-0.39, 0.29) is 5.75 Å². The van der Waals surface area contributed by atoms with E-state index >= 15 is 0 Å². The number of imidazole rings is 1. The average molecular weight is 286 g/mol. The minimum atomic E-state index is -4.73. The maximum atomic E-state index is 12.2. The number of hydrogen-bond donors (Lipinski definition) is 2. The highest BCUT2D eigenvalue weighted by atomic mass is 19.4. The van der Waals surface area contributed by atoms with Crippen LogP contribution in [-0.4, -0.2) is 15.9 Å². The molecule has 0 aliphatic carbocycles. The predicted molar refractivity (Wildman–Crippen MR) is 65.5 cm³/mol. The lowest BCUT2D eigenvalue weighted by molar-refractivity contribution is -0.274. The number of hydrazine groups is 1. The second-order valence-electron chi connectivity index (χ2n) is 4.15. The summed E-state index contributed by atoms with van der Waals surface area (Å²) >= 11 is 0. The first-order chi connectivity index (χ1) is 9.40. The summed E-state index contributed by atoms with van der Waals surface area (Å²) in [5.41, 5.74) is 3.81. The van der Waals surface area contributed by atoms with Gasteiger partial charge in [-0.15, -0.1) is 13.2 Å². The topological polar surface area (TPSA) is 65.1 Å². The number of aromatic nitrogens is 2. The Labute approximate surface area is 113 Å². The number of nitrogens with zero attached hydrogens (tertiary/aromatic N) is 2. The monoisotopic (exact) mass is 286 g/mol. The van der Waals surface area contributed by atoms with Gasteiger partial charge in [0.1, 0.15) is 5.75 Å². The van der Waals surface area contributed by atoms with Crippen molar-refractivity contribution in [3.63, 3.8) is 0 Å². The molecule has 2 aromatic rings. The number of benzene rings is 1. The summed E-state index contributed by atoms with van der Waals surface area (Å²) in [7, 11) is 1.77. The molecule has 108 valence electrons. The van der Waals surface area contributed by atoms with Crippen molar-refractivity contribution in [2.75, 3.05) is 0 Å². The van der Waals surface area contributed by atoms with E-state index in [1.807, 2.05) is 0 Å². The summed E-state index contributed by atoms with van der Waals surface area (Å²) in [6, 6.07) is 5.15. The smallest absolute Gasteiger partial charge is 0.406 e. The van der Waals surface area contributed by atoms with Crippen LogP contribution >= 0.6 is 0 Å². The van der Waals surface area contributed by atoms with E-state index in [0.29, 0.717) is 5.56 Å². The Morgan fingerprint density at radius 2 is 2.15 bits per heavy atom. The van der Waals surface area contributed by atoms with E-state index in [9.17, 15) is 13.2 Å². The van der Waals surface area contributed by atoms with Crippen molar-refractivity contribution < 1.29 is 17.9 Å². The Balaban J connectivity index is 2.32. The molecule has 1 atom stereocenters. The van der Waals surface area contributed by atoms with Crippen molar-refractivity contribution in [2.45, 2.75) is 12.4 Å². The molecule has 1 unspecified atom stereocenters. The van der Waals surface area contributed by atoms with Gasteiger partial charge in [-0.3, -0.25) is 5.84 Å². The fraction of sp³-hybridized carbons (Fsp3) is 0.250. The number of nitrogens with one attached hydrogen (secondary N) is 1. The van der Waals surface area contributed by atoms with E-state index in [1.54, 1.807) is 30.2 Å². The standard InChI is InChI=1S/C12H13F3N4O/c1-19-7-17-6-10(19)11(18-16)8-3-2-4-9(5-8)20-12(13,14)15/h2-7,11,18H,16H2,1H3. The van der Waals surface area contributed by atoms with Crippen LogP contribution in [0.25, 0.3) is 0 Å². The highest BCUT2D eigenvalue weighted by molar-refractivity contribution is 5.34. The zero-order valence-electron chi connectivity index (χ0n) is 10.6. The molecule has 0 saturated heterocycles. The van der Waals surface area contributed by atoms with Crippen molar-refractivity contribution in [3.05, 3.63) is 48.0 Å². The third kappa shape index (κ3) is 3.28. The molecule has 0 aliphatic rings. The van der Waals surface area contributed by atoms with Gasteiger partial charge in [0, 0.05) is 7.05 Å². The Kier molecular flexibility index (Phi) is 3.96. The van der Waals surface area contributed by atoms with E-state index in [4.69, 9.17) is 5.84 Å². The Bertz CT molecular complexity index is 582. The number of rotatable bonds is 4. The highest BCUT2D eigenvalue weighted by Gasteiger charge is 2.31. The molecule has 1 aromatic heterocycles. The van der Waals surface area contributed by atoms with Crippen LogP contribution in [0.4, 0.5) is 13.2 Å². The van der Waals surface area contributed by atoms with Crippen molar-refractivity contribution in [1.82, 2.24) is 15.0 Å². The molecule has 1 aromatic carbocycles. The quantitative estimate of drug-likeness (QED) is 0.665. The summed E-state index contributed by atoms with van der Waals surface area (Å²) in [6.45, 7) is 0. The van der Waals surface area contributed by atoms with Crippen LogP contribution in [0.15, 0.2) is 36.8 Å². The summed E-state index contributed by atoms with van der Waals surface area (Å²) in [5.74, 6) is 5.19. The van der Waals surface area contributed by atoms with E-state index in [0.717, 1.165) is 5.69 Å². The van der Waals surface area contributed by atoms with Crippen LogP contribution < -0.4 is 16.0 Å². The fourth-order valence-corrected chi connectivity index (χ4v) is 1.89. The van der Waals surface area contributed by atoms with Crippen LogP contribution in [0, 0.1) is 0 Å². The molecule has 2 rings (SSSR count). The van der Waals surface area contributed by atoms with Gasteiger partial charge < -0.3 is 9.30 Å². The summed E-state index contributed by atoms with van der Waals surface area (Å²) in [5, 5.41) is 0. The molecule has 0 fully saturated rings. The van der Waals surface area contributed by atoms with Gasteiger partial charge in [-0.05, 0) is 17.7 Å². The third-order valence-corrected chi connectivity index (χ3v) is 2.74. The van der Waals surface area contributed by atoms with Crippen LogP contribution in [0.3, 0.4) is 0 Å². The van der Waals surface area contributed by atoms with Crippen LogP contribution in [0.1, 0.15) is 17.3 Å². The normalized spacial score (nSPS) is 13.2. The molecule has 0 amide bonds. The number of halogens is 3. The van der Waals surface area contributed by atoms with Gasteiger partial charge in [-0.2, -0.15) is 0 Å². The lowest BCUT2D eigenvalue weighted by Gasteiger charge is -2.18. The predicted octanol–water partition coefficient (Wildman–Crippen LogP) is 1.87. The second-order valence-corrected chi connectivity index (χ2v) is 4.15. The molecule has 1 heterocycles. The first-order valence-electron chi connectivity index (χ1n) is 5.69. The van der Waals surface area contributed by atoms with E-state index < -0.39 is 12.4 Å². The molecule has 0 radical (unpaired) electrons. The number of ether oxygens (including phenoxy) is 1. The van der Waals surface area contributed by atoms with E-state index in [1.165, 1.54) is 18.2 Å². The zero-order valence-corrected chi connectivity index (χ0v) is 10.6. The first-order valence-corrected chi connectivity index (χ1v) is 5.69. The maximum absolute atomic E-state index is 12.2. The molecule has 0 aliphatic heterocycles. The maximum Gasteiger partial charge on any atom is 0.573 e. The van der Waals surface area contributed by atoms with Crippen LogP contribution in [0.2, 0.25) is 0 Å². The van der Waals surface area contributed by atoms with Crippen molar-refractivity contribution in [3.8, 4) is 5.75 Å². The molecule has 0 bridgehead atoms. The lowest BCUT2D eigenvalue weighted by Crippen LogP contribution is -2.30. The molecule has 0 saturated carbocycles. The SMILES string of the molecule is Cn1cncc1C(NN)c1cccc(OC(F)(F)F)c1. The van der Waals surface area contributed by atoms with Crippen molar-refractivity contribution in [2.24, 2.45) is 12.9 Å². The molecule has 0 spiro atoms. The zero-order chi connectivity index (χ0) is 14.8. The fourth-order valence-electron chi connectivity index (χ4n) is 1.89. The number of alkyl halides is 3. The van der Waals surface area contributed by atoms with Gasteiger partial charge in [0.05, 0.1) is 24.3 Å². The largest absolute Gasteiger partial charge is 0.573 e. The minimum Gasteiger partial charge on any atom is -0.406 e. The highest BCUT2D eigenvalue weighted by Crippen LogP contribution is 2.27. The second kappa shape index (κ2) is 5.51. The van der Waals surface area contributed by atoms with Crippen molar-refractivity contribution in [1.29, 1.82) is 0 Å². The number of aryl methyl sites for hydroxylation is 1. The summed E-state index contributed by atoms with van der Waals surface area (Å²) in [4.78, 5) is 3.95. The van der Waals surface area contributed by atoms with Crippen LogP contribution in [-0.2, 0) is 7.05 Å². The average Bonchev–Trinajstić information content (AvgIpc) is 2.75. The summed E-state index contributed by atoms with van der Waals surface area (Å²) in [6.07, 6.45) is -1.56. The lowest BCUT2D eigenvalue weighted by atomic mass is 10.0. The Morgan fingerprint density at radius 1 is 1.40 bits per heavy atom. The van der Waals surface area contributed by atoms with Gasteiger partial charge in [0.2, 0.25) is 0 Å². The van der Waals surface area contributed by atoms with Gasteiger partial charge in [0.15, 0.2) is 0 Å². The minimum absolute atomic E-state index is 0.294. The van der Waals surface area contributed by atoms with Crippen molar-refractivity contribution >= 4 is 0 Å². The molecule has 8 heteroatoms. The summed E-state index contributed by atoms with van der Waals surface area (Å²) < 4.78 is 42.3. The van der Waals surface area contributed by atoms with Gasteiger partial charge in [-0.1, -0.05) is 12.1 Å². The molecular weight excluding hydrogens is 273 g/mol. The third-order valence-electron chi connectivity index (χ3n) is 2.74.